The summed E-state index contributed by atoms with van der Waals surface area (Å²) in [5.41, 5.74) is 2.23. The molecule has 0 saturated carbocycles. The molecule has 1 atom stereocenters. The van der Waals surface area contributed by atoms with Crippen molar-refractivity contribution < 1.29 is 24.0 Å². The van der Waals surface area contributed by atoms with E-state index in [1.807, 2.05) is 24.3 Å². The number of ether oxygens (including phenoxy) is 2. The van der Waals surface area contributed by atoms with Gasteiger partial charge >= 0.3 is 11.9 Å². The first-order chi connectivity index (χ1) is 18.8. The van der Waals surface area contributed by atoms with Crippen molar-refractivity contribution in [1.29, 1.82) is 0 Å². The lowest BCUT2D eigenvalue weighted by molar-refractivity contribution is -0.384. The fourth-order valence-corrected chi connectivity index (χ4v) is 5.61. The van der Waals surface area contributed by atoms with Crippen LogP contribution in [0.2, 0.25) is 0 Å². The summed E-state index contributed by atoms with van der Waals surface area (Å²) in [5, 5.41) is 12.0. The van der Waals surface area contributed by atoms with Crippen molar-refractivity contribution in [2.45, 2.75) is 45.4 Å². The molecule has 2 aliphatic rings. The van der Waals surface area contributed by atoms with E-state index in [0.29, 0.717) is 17.9 Å². The molecule has 6 rings (SSSR count). The summed E-state index contributed by atoms with van der Waals surface area (Å²) in [5.74, 6) is -1.65. The number of pyridine rings is 2. The van der Waals surface area contributed by atoms with Gasteiger partial charge < -0.3 is 14.0 Å². The lowest BCUT2D eigenvalue weighted by atomic mass is 9.85. The maximum absolute atomic E-state index is 13.8. The second-order valence-corrected chi connectivity index (χ2v) is 9.55. The van der Waals surface area contributed by atoms with E-state index in [9.17, 15) is 24.5 Å². The van der Waals surface area contributed by atoms with E-state index in [1.54, 1.807) is 17.6 Å². The van der Waals surface area contributed by atoms with Gasteiger partial charge in [0.1, 0.15) is 6.61 Å². The van der Waals surface area contributed by atoms with Crippen LogP contribution in [-0.2, 0) is 39.4 Å². The normalized spacial score (nSPS) is 17.2. The van der Waals surface area contributed by atoms with Gasteiger partial charge in [-0.15, -0.1) is 0 Å². The molecule has 39 heavy (non-hydrogen) atoms. The zero-order chi connectivity index (χ0) is 27.5. The van der Waals surface area contributed by atoms with Gasteiger partial charge in [0.05, 0.1) is 39.5 Å². The summed E-state index contributed by atoms with van der Waals surface area (Å²) >= 11 is 0. The maximum atomic E-state index is 13.8. The Morgan fingerprint density at radius 2 is 1.87 bits per heavy atom. The molecule has 2 aromatic heterocycles. The fourth-order valence-electron chi connectivity index (χ4n) is 5.61. The molecule has 0 aliphatic carbocycles. The molecule has 2 aromatic carbocycles. The zero-order valence-electron chi connectivity index (χ0n) is 21.2. The molecule has 0 bridgehead atoms. The van der Waals surface area contributed by atoms with Crippen molar-refractivity contribution in [2.24, 2.45) is 0 Å². The Hall–Kier alpha value is -4.86. The molecule has 4 aromatic rings. The number of cyclic esters (lactones) is 1. The number of fused-ring (bicyclic) bond motifs is 5. The van der Waals surface area contributed by atoms with Crippen molar-refractivity contribution in [3.63, 3.8) is 0 Å². The number of benzene rings is 2. The number of para-hydroxylation sites is 1. The van der Waals surface area contributed by atoms with Crippen LogP contribution in [0.1, 0.15) is 52.9 Å². The summed E-state index contributed by atoms with van der Waals surface area (Å²) < 4.78 is 12.8. The molecule has 0 N–H and O–H groups in total. The predicted molar refractivity (Wildman–Crippen MR) is 140 cm³/mol. The third kappa shape index (κ3) is 3.55. The van der Waals surface area contributed by atoms with Gasteiger partial charge in [-0.05, 0) is 42.7 Å². The number of rotatable bonds is 5. The number of nitro groups is 1. The number of aryl methyl sites for hydroxylation is 1. The average Bonchev–Trinajstić information content (AvgIpc) is 3.31. The van der Waals surface area contributed by atoms with Crippen LogP contribution in [0.3, 0.4) is 0 Å². The highest BCUT2D eigenvalue weighted by Gasteiger charge is 2.50. The number of nitro benzene ring substituents is 1. The van der Waals surface area contributed by atoms with E-state index in [2.05, 4.69) is 6.92 Å². The standard InChI is InChI=1S/C29H23N3O7/c1-3-18-19-7-5-6-8-23(19)30-25-20(18)14-31-24(25)13-22-21(26(31)33)15-38-28(35)29(22,4-2)39-27(34)16-9-11-17(12-10-16)32(36)37/h5-13H,3-4,14-15H2,1-2H3/t29-/m0/s1. The number of non-ortho nitro benzene ring substituents is 1. The summed E-state index contributed by atoms with van der Waals surface area (Å²) in [6, 6.07) is 14.4. The van der Waals surface area contributed by atoms with E-state index in [-0.39, 0.29) is 41.0 Å². The second-order valence-electron chi connectivity index (χ2n) is 9.55. The number of esters is 2. The Balaban J connectivity index is 1.51. The van der Waals surface area contributed by atoms with E-state index in [1.165, 1.54) is 24.3 Å². The Morgan fingerprint density at radius 1 is 1.13 bits per heavy atom. The molecule has 0 spiro atoms. The van der Waals surface area contributed by atoms with Crippen LogP contribution in [0.25, 0.3) is 22.3 Å². The molecule has 0 saturated heterocycles. The first kappa shape index (κ1) is 24.5. The van der Waals surface area contributed by atoms with Crippen LogP contribution in [0.15, 0.2) is 59.4 Å². The molecular weight excluding hydrogens is 502 g/mol. The van der Waals surface area contributed by atoms with Crippen LogP contribution < -0.4 is 5.56 Å². The molecule has 10 nitrogen and oxygen atoms in total. The monoisotopic (exact) mass is 525 g/mol. The summed E-state index contributed by atoms with van der Waals surface area (Å²) in [6.07, 6.45) is 0.764. The molecular formula is C29H23N3O7. The van der Waals surface area contributed by atoms with Crippen LogP contribution in [0.4, 0.5) is 5.69 Å². The third-order valence-corrected chi connectivity index (χ3v) is 7.62. The van der Waals surface area contributed by atoms with Crippen LogP contribution in [0, 0.1) is 10.1 Å². The van der Waals surface area contributed by atoms with Crippen molar-refractivity contribution in [2.75, 3.05) is 0 Å². The summed E-state index contributed by atoms with van der Waals surface area (Å²) in [6.45, 7) is 3.83. The van der Waals surface area contributed by atoms with E-state index in [4.69, 9.17) is 14.5 Å². The number of aromatic nitrogens is 2. The highest BCUT2D eigenvalue weighted by molar-refractivity contribution is 5.94. The lowest BCUT2D eigenvalue weighted by Gasteiger charge is -2.35. The molecule has 0 amide bonds. The lowest BCUT2D eigenvalue weighted by Crippen LogP contribution is -2.47. The van der Waals surface area contributed by atoms with E-state index < -0.39 is 22.5 Å². The van der Waals surface area contributed by atoms with E-state index in [0.717, 1.165) is 28.5 Å². The molecule has 0 fully saturated rings. The van der Waals surface area contributed by atoms with Gasteiger partial charge in [-0.1, -0.05) is 32.0 Å². The van der Waals surface area contributed by atoms with Gasteiger partial charge in [0.2, 0.25) is 5.60 Å². The average molecular weight is 526 g/mol. The minimum absolute atomic E-state index is 0.0126. The van der Waals surface area contributed by atoms with E-state index >= 15 is 0 Å². The van der Waals surface area contributed by atoms with Crippen LogP contribution in [-0.4, -0.2) is 26.4 Å². The number of carbonyl (C=O) groups excluding carboxylic acids is 2. The Morgan fingerprint density at radius 3 is 2.56 bits per heavy atom. The highest BCUT2D eigenvalue weighted by atomic mass is 16.6. The van der Waals surface area contributed by atoms with Gasteiger partial charge in [-0.3, -0.25) is 14.9 Å². The van der Waals surface area contributed by atoms with Gasteiger partial charge in [-0.2, -0.15) is 0 Å². The Bertz CT molecular complexity index is 1770. The van der Waals surface area contributed by atoms with Crippen molar-refractivity contribution in [1.82, 2.24) is 9.55 Å². The minimum atomic E-state index is -1.87. The minimum Gasteiger partial charge on any atom is -0.457 e. The third-order valence-electron chi connectivity index (χ3n) is 7.62. The largest absolute Gasteiger partial charge is 0.457 e. The highest BCUT2D eigenvalue weighted by Crippen LogP contribution is 2.42. The predicted octanol–water partition coefficient (Wildman–Crippen LogP) is 4.41. The van der Waals surface area contributed by atoms with Crippen molar-refractivity contribution in [3.05, 3.63) is 103 Å². The molecule has 2 aliphatic heterocycles. The van der Waals surface area contributed by atoms with Crippen LogP contribution in [0.5, 0.6) is 0 Å². The smallest absolute Gasteiger partial charge is 0.355 e. The number of nitrogens with zero attached hydrogens (tertiary/aromatic N) is 3. The molecule has 196 valence electrons. The molecule has 0 radical (unpaired) electrons. The number of hydrogen-bond acceptors (Lipinski definition) is 8. The topological polar surface area (TPSA) is 131 Å². The number of hydrogen-bond donors (Lipinski definition) is 0. The number of carbonyl (C=O) groups is 2. The Labute approximate surface area is 222 Å². The molecule has 4 heterocycles. The van der Waals surface area contributed by atoms with Crippen molar-refractivity contribution >= 4 is 28.5 Å². The summed E-state index contributed by atoms with van der Waals surface area (Å²) in [4.78, 5) is 55.5. The first-order valence-electron chi connectivity index (χ1n) is 12.6. The van der Waals surface area contributed by atoms with Gasteiger partial charge in [0.15, 0.2) is 0 Å². The summed E-state index contributed by atoms with van der Waals surface area (Å²) in [7, 11) is 0. The zero-order valence-corrected chi connectivity index (χ0v) is 21.2. The molecule has 10 heteroatoms. The Kier molecular flexibility index (Phi) is 5.56. The fraction of sp³-hybridized carbons (Fsp3) is 0.241. The van der Waals surface area contributed by atoms with Crippen LogP contribution >= 0.6 is 0 Å². The maximum Gasteiger partial charge on any atom is 0.355 e. The van der Waals surface area contributed by atoms with Crippen molar-refractivity contribution in [3.8, 4) is 11.4 Å². The van der Waals surface area contributed by atoms with Gasteiger partial charge in [-0.25, -0.2) is 14.6 Å². The first-order valence-corrected chi connectivity index (χ1v) is 12.6. The van der Waals surface area contributed by atoms with Gasteiger partial charge in [0, 0.05) is 28.6 Å². The second kappa shape index (κ2) is 8.87. The van der Waals surface area contributed by atoms with Gasteiger partial charge in [0.25, 0.3) is 11.2 Å². The SMILES string of the molecule is CCc1c2c(nc3ccccc13)-c1cc3c(c(=O)n1C2)COC(=O)[C@@]3(CC)OC(=O)c1ccc([N+](=O)[O-])cc1. The quantitative estimate of drug-likeness (QED) is 0.187. The molecule has 0 unspecified atom stereocenters.